The lowest BCUT2D eigenvalue weighted by Crippen LogP contribution is -2.49. The van der Waals surface area contributed by atoms with Gasteiger partial charge < -0.3 is 14.6 Å². The lowest BCUT2D eigenvalue weighted by Gasteiger charge is -2.40. The van der Waals surface area contributed by atoms with E-state index in [9.17, 15) is 4.79 Å². The van der Waals surface area contributed by atoms with Crippen LogP contribution in [0.1, 0.15) is 27.7 Å². The zero-order valence-electron chi connectivity index (χ0n) is 19.1. The molecule has 1 N–H and O–H groups in total. The van der Waals surface area contributed by atoms with Gasteiger partial charge in [-0.2, -0.15) is 0 Å². The van der Waals surface area contributed by atoms with Gasteiger partial charge in [-0.05, 0) is 30.7 Å². The fourth-order valence-corrected chi connectivity index (χ4v) is 4.94. The van der Waals surface area contributed by atoms with Crippen LogP contribution in [0.3, 0.4) is 0 Å². The summed E-state index contributed by atoms with van der Waals surface area (Å²) in [5, 5.41) is 0.996. The number of H-pyrrole nitrogens is 1. The molecule has 1 saturated heterocycles. The zero-order valence-corrected chi connectivity index (χ0v) is 19.1. The van der Waals surface area contributed by atoms with Gasteiger partial charge in [0.25, 0.3) is 0 Å². The number of aromatic amines is 1. The number of Topliss-reactive ketones (excluding diaryl/α,β-unsaturated/α-hetero) is 1. The Morgan fingerprint density at radius 3 is 2.39 bits per heavy atom. The Morgan fingerprint density at radius 2 is 1.64 bits per heavy atom. The number of ether oxygens (including phenoxy) is 1. The predicted octanol–water partition coefficient (Wildman–Crippen LogP) is 5.23. The molecule has 1 aliphatic heterocycles. The summed E-state index contributed by atoms with van der Waals surface area (Å²) in [5.41, 5.74) is 4.94. The smallest absolute Gasteiger partial charge is 0.186 e. The first-order chi connectivity index (χ1) is 16.2. The fraction of sp³-hybridized carbons (Fsp3) is 0.250. The molecule has 1 aliphatic rings. The van der Waals surface area contributed by atoms with E-state index in [1.54, 1.807) is 7.11 Å². The molecular formula is C28H29N3O2. The van der Waals surface area contributed by atoms with Crippen LogP contribution in [0.5, 0.6) is 5.75 Å². The number of rotatable bonds is 6. The Kier molecular flexibility index (Phi) is 5.88. The highest BCUT2D eigenvalue weighted by molar-refractivity contribution is 6.11. The van der Waals surface area contributed by atoms with E-state index in [4.69, 9.17) is 4.74 Å². The molecule has 0 aliphatic carbocycles. The zero-order chi connectivity index (χ0) is 22.8. The number of hydrogen-bond acceptors (Lipinski definition) is 4. The summed E-state index contributed by atoms with van der Waals surface area (Å²) in [5.74, 6) is 1.02. The Hall–Kier alpha value is -3.57. The van der Waals surface area contributed by atoms with Crippen LogP contribution < -0.4 is 9.64 Å². The van der Waals surface area contributed by atoms with Crippen LogP contribution in [0.15, 0.2) is 78.9 Å². The molecule has 5 rings (SSSR count). The lowest BCUT2D eigenvalue weighted by molar-refractivity contribution is 0.0807. The standard InChI is InChI=1S/C28H29N3O2/c1-20-26(24-13-6-7-14-25(24)29-20)28(32)27(21-9-4-3-5-10-21)31-17-15-30(16-18-31)22-11-8-12-23(19-22)33-2/h3-14,19,27,29H,15-18H2,1-2H3/t27-/m1/s1. The minimum atomic E-state index is -0.309. The first kappa shape index (κ1) is 21.3. The molecule has 33 heavy (non-hydrogen) atoms. The Balaban J connectivity index is 1.44. The number of benzene rings is 3. The van der Waals surface area contributed by atoms with Crippen molar-refractivity contribution < 1.29 is 9.53 Å². The van der Waals surface area contributed by atoms with Gasteiger partial charge in [0.2, 0.25) is 0 Å². The SMILES string of the molecule is COc1cccc(N2CCN([C@@H](C(=O)c3c(C)[nH]c4ccccc34)c3ccccc3)CC2)c1. The quantitative estimate of drug-likeness (QED) is 0.418. The lowest BCUT2D eigenvalue weighted by atomic mass is 9.93. The molecule has 1 atom stereocenters. The molecule has 0 saturated carbocycles. The van der Waals surface area contributed by atoms with Crippen LogP contribution in [0.4, 0.5) is 5.69 Å². The summed E-state index contributed by atoms with van der Waals surface area (Å²) in [6, 6.07) is 26.1. The molecule has 0 amide bonds. The summed E-state index contributed by atoms with van der Waals surface area (Å²) in [6.07, 6.45) is 0. The third-order valence-electron chi connectivity index (χ3n) is 6.60. The number of piperazine rings is 1. The number of fused-ring (bicyclic) bond motifs is 1. The van der Waals surface area contributed by atoms with Crippen LogP contribution in [-0.4, -0.2) is 49.0 Å². The van der Waals surface area contributed by atoms with Gasteiger partial charge in [0.1, 0.15) is 5.75 Å². The van der Waals surface area contributed by atoms with Gasteiger partial charge in [-0.25, -0.2) is 0 Å². The number of nitrogens with zero attached hydrogens (tertiary/aromatic N) is 2. The fourth-order valence-electron chi connectivity index (χ4n) is 4.94. The first-order valence-corrected chi connectivity index (χ1v) is 11.4. The molecule has 1 aromatic heterocycles. The van der Waals surface area contributed by atoms with E-state index < -0.39 is 0 Å². The van der Waals surface area contributed by atoms with Crippen molar-refractivity contribution >= 4 is 22.4 Å². The van der Waals surface area contributed by atoms with E-state index >= 15 is 0 Å². The number of anilines is 1. The van der Waals surface area contributed by atoms with Gasteiger partial charge in [0, 0.05) is 60.1 Å². The van der Waals surface area contributed by atoms with Crippen molar-refractivity contribution in [1.29, 1.82) is 0 Å². The normalized spacial score (nSPS) is 15.5. The Bertz CT molecular complexity index is 1260. The molecule has 5 nitrogen and oxygen atoms in total. The maximum atomic E-state index is 14.1. The second-order valence-corrected chi connectivity index (χ2v) is 8.57. The number of aryl methyl sites for hydroxylation is 1. The van der Waals surface area contributed by atoms with E-state index in [2.05, 4.69) is 39.0 Å². The molecule has 3 aromatic carbocycles. The third-order valence-corrected chi connectivity index (χ3v) is 6.60. The summed E-state index contributed by atoms with van der Waals surface area (Å²) >= 11 is 0. The van der Waals surface area contributed by atoms with Crippen LogP contribution in [0.2, 0.25) is 0 Å². The molecular weight excluding hydrogens is 410 g/mol. The average molecular weight is 440 g/mol. The average Bonchev–Trinajstić information content (AvgIpc) is 3.21. The number of carbonyl (C=O) groups excluding carboxylic acids is 1. The van der Waals surface area contributed by atoms with Gasteiger partial charge >= 0.3 is 0 Å². The highest BCUT2D eigenvalue weighted by Gasteiger charge is 2.33. The molecule has 2 heterocycles. The van der Waals surface area contributed by atoms with Crippen molar-refractivity contribution in [2.45, 2.75) is 13.0 Å². The summed E-state index contributed by atoms with van der Waals surface area (Å²) in [4.78, 5) is 22.2. The van der Waals surface area contributed by atoms with E-state index in [-0.39, 0.29) is 11.8 Å². The summed E-state index contributed by atoms with van der Waals surface area (Å²) in [7, 11) is 1.69. The molecule has 0 bridgehead atoms. The Labute approximate surface area is 194 Å². The summed E-state index contributed by atoms with van der Waals surface area (Å²) in [6.45, 7) is 5.33. The number of carbonyl (C=O) groups is 1. The Morgan fingerprint density at radius 1 is 0.909 bits per heavy atom. The monoisotopic (exact) mass is 439 g/mol. The number of nitrogens with one attached hydrogen (secondary N) is 1. The second-order valence-electron chi connectivity index (χ2n) is 8.57. The van der Waals surface area contributed by atoms with E-state index in [1.807, 2.05) is 61.5 Å². The van der Waals surface area contributed by atoms with Gasteiger partial charge in [-0.1, -0.05) is 54.6 Å². The number of methoxy groups -OCH3 is 1. The van der Waals surface area contributed by atoms with E-state index in [1.165, 1.54) is 0 Å². The molecule has 4 aromatic rings. The highest BCUT2D eigenvalue weighted by atomic mass is 16.5. The number of aromatic nitrogens is 1. The van der Waals surface area contributed by atoms with E-state index in [0.29, 0.717) is 0 Å². The van der Waals surface area contributed by atoms with Crippen molar-refractivity contribution in [3.05, 3.63) is 95.7 Å². The van der Waals surface area contributed by atoms with Crippen molar-refractivity contribution in [3.8, 4) is 5.75 Å². The third kappa shape index (κ3) is 4.12. The van der Waals surface area contributed by atoms with Gasteiger partial charge in [-0.3, -0.25) is 9.69 Å². The second kappa shape index (κ2) is 9.12. The molecule has 0 spiro atoms. The van der Waals surface area contributed by atoms with Crippen LogP contribution >= 0.6 is 0 Å². The van der Waals surface area contributed by atoms with E-state index in [0.717, 1.165) is 65.3 Å². The highest BCUT2D eigenvalue weighted by Crippen LogP contribution is 2.32. The van der Waals surface area contributed by atoms with Crippen LogP contribution in [0, 0.1) is 6.92 Å². The largest absolute Gasteiger partial charge is 0.497 e. The topological polar surface area (TPSA) is 48.6 Å². The van der Waals surface area contributed by atoms with Gasteiger partial charge in [0.15, 0.2) is 5.78 Å². The number of hydrogen-bond donors (Lipinski definition) is 1. The first-order valence-electron chi connectivity index (χ1n) is 11.4. The molecule has 5 heteroatoms. The molecule has 168 valence electrons. The molecule has 0 radical (unpaired) electrons. The van der Waals surface area contributed by atoms with Gasteiger partial charge in [-0.15, -0.1) is 0 Å². The van der Waals surface area contributed by atoms with Crippen molar-refractivity contribution in [2.75, 3.05) is 38.2 Å². The number of para-hydroxylation sites is 1. The van der Waals surface area contributed by atoms with Crippen LogP contribution in [0.25, 0.3) is 10.9 Å². The van der Waals surface area contributed by atoms with Crippen molar-refractivity contribution in [2.24, 2.45) is 0 Å². The summed E-state index contributed by atoms with van der Waals surface area (Å²) < 4.78 is 5.40. The van der Waals surface area contributed by atoms with Crippen molar-refractivity contribution in [3.63, 3.8) is 0 Å². The maximum absolute atomic E-state index is 14.1. The maximum Gasteiger partial charge on any atom is 0.186 e. The van der Waals surface area contributed by atoms with Gasteiger partial charge in [0.05, 0.1) is 13.2 Å². The molecule has 0 unspecified atom stereocenters. The molecule has 1 fully saturated rings. The predicted molar refractivity (Wildman–Crippen MR) is 133 cm³/mol. The van der Waals surface area contributed by atoms with Crippen LogP contribution in [-0.2, 0) is 0 Å². The number of ketones is 1. The van der Waals surface area contributed by atoms with Crippen molar-refractivity contribution in [1.82, 2.24) is 9.88 Å². The minimum Gasteiger partial charge on any atom is -0.497 e. The minimum absolute atomic E-state index is 0.158.